The summed E-state index contributed by atoms with van der Waals surface area (Å²) in [4.78, 5) is 0. The molecule has 0 aliphatic heterocycles. The van der Waals surface area contributed by atoms with E-state index in [0.717, 1.165) is 22.3 Å². The maximum absolute atomic E-state index is 12.2. The molecule has 18 heavy (non-hydrogen) atoms. The standard InChI is InChI=1S/C13H19F3N2/c1-8-4-9(2)12(10(3)5-8)11(6-17)18-7-13(14,15)16/h4-5,11,18H,6-7,17H2,1-3H3. The molecule has 0 aromatic heterocycles. The molecule has 1 rings (SSSR count). The summed E-state index contributed by atoms with van der Waals surface area (Å²) in [6.07, 6.45) is -4.22. The first-order valence-electron chi connectivity index (χ1n) is 5.82. The zero-order valence-corrected chi connectivity index (χ0v) is 10.9. The quantitative estimate of drug-likeness (QED) is 0.873. The Morgan fingerprint density at radius 1 is 1.17 bits per heavy atom. The van der Waals surface area contributed by atoms with Gasteiger partial charge in [-0.1, -0.05) is 17.7 Å². The van der Waals surface area contributed by atoms with Gasteiger partial charge in [0, 0.05) is 12.6 Å². The van der Waals surface area contributed by atoms with Gasteiger partial charge in [-0.25, -0.2) is 0 Å². The molecule has 0 bridgehead atoms. The van der Waals surface area contributed by atoms with Gasteiger partial charge in [-0.15, -0.1) is 0 Å². The highest BCUT2D eigenvalue weighted by Gasteiger charge is 2.28. The fraction of sp³-hybridized carbons (Fsp3) is 0.538. The fourth-order valence-electron chi connectivity index (χ4n) is 2.28. The van der Waals surface area contributed by atoms with Crippen LogP contribution in [0.1, 0.15) is 28.3 Å². The lowest BCUT2D eigenvalue weighted by atomic mass is 9.94. The second-order valence-corrected chi connectivity index (χ2v) is 4.60. The molecular formula is C13H19F3N2. The van der Waals surface area contributed by atoms with Crippen LogP contribution < -0.4 is 11.1 Å². The van der Waals surface area contributed by atoms with E-state index < -0.39 is 18.8 Å². The zero-order chi connectivity index (χ0) is 13.9. The van der Waals surface area contributed by atoms with Gasteiger partial charge < -0.3 is 11.1 Å². The van der Waals surface area contributed by atoms with Crippen molar-refractivity contribution in [3.05, 3.63) is 34.4 Å². The zero-order valence-electron chi connectivity index (χ0n) is 10.9. The van der Waals surface area contributed by atoms with E-state index >= 15 is 0 Å². The minimum absolute atomic E-state index is 0.140. The molecule has 2 nitrogen and oxygen atoms in total. The third kappa shape index (κ3) is 3.99. The SMILES string of the molecule is Cc1cc(C)c(C(CN)NCC(F)(F)F)c(C)c1. The smallest absolute Gasteiger partial charge is 0.329 e. The largest absolute Gasteiger partial charge is 0.401 e. The number of halogens is 3. The van der Waals surface area contributed by atoms with Crippen molar-refractivity contribution in [1.29, 1.82) is 0 Å². The maximum Gasteiger partial charge on any atom is 0.401 e. The van der Waals surface area contributed by atoms with E-state index in [0.29, 0.717) is 0 Å². The fourth-order valence-corrected chi connectivity index (χ4v) is 2.28. The van der Waals surface area contributed by atoms with Crippen molar-refractivity contribution in [1.82, 2.24) is 5.32 Å². The topological polar surface area (TPSA) is 38.0 Å². The number of benzene rings is 1. The van der Waals surface area contributed by atoms with Crippen LogP contribution >= 0.6 is 0 Å². The monoisotopic (exact) mass is 260 g/mol. The number of rotatable bonds is 4. The van der Waals surface area contributed by atoms with E-state index in [9.17, 15) is 13.2 Å². The van der Waals surface area contributed by atoms with Crippen LogP contribution in [0.15, 0.2) is 12.1 Å². The van der Waals surface area contributed by atoms with Crippen LogP contribution in [0.5, 0.6) is 0 Å². The molecule has 0 radical (unpaired) electrons. The molecule has 0 fully saturated rings. The summed E-state index contributed by atoms with van der Waals surface area (Å²) in [7, 11) is 0. The van der Waals surface area contributed by atoms with Crippen LogP contribution in [-0.2, 0) is 0 Å². The maximum atomic E-state index is 12.2. The van der Waals surface area contributed by atoms with Crippen LogP contribution in [0.25, 0.3) is 0 Å². The van der Waals surface area contributed by atoms with Gasteiger partial charge in [0.2, 0.25) is 0 Å². The number of alkyl halides is 3. The Labute approximate surface area is 105 Å². The van der Waals surface area contributed by atoms with E-state index in [1.54, 1.807) is 0 Å². The first-order chi connectivity index (χ1) is 8.24. The van der Waals surface area contributed by atoms with Crippen molar-refractivity contribution in [2.24, 2.45) is 5.73 Å². The Morgan fingerprint density at radius 2 is 1.67 bits per heavy atom. The van der Waals surface area contributed by atoms with Crippen LogP contribution in [0.3, 0.4) is 0 Å². The summed E-state index contributed by atoms with van der Waals surface area (Å²) in [5, 5.41) is 2.48. The van der Waals surface area contributed by atoms with Gasteiger partial charge >= 0.3 is 6.18 Å². The van der Waals surface area contributed by atoms with Crippen molar-refractivity contribution >= 4 is 0 Å². The van der Waals surface area contributed by atoms with E-state index in [4.69, 9.17) is 5.73 Å². The molecule has 0 saturated heterocycles. The van der Waals surface area contributed by atoms with Crippen molar-refractivity contribution in [3.8, 4) is 0 Å². The molecule has 1 unspecified atom stereocenters. The summed E-state index contributed by atoms with van der Waals surface area (Å²) in [5.74, 6) is 0. The number of hydrogen-bond acceptors (Lipinski definition) is 2. The molecular weight excluding hydrogens is 241 g/mol. The second-order valence-electron chi connectivity index (χ2n) is 4.60. The summed E-state index contributed by atoms with van der Waals surface area (Å²) in [6.45, 7) is 4.87. The summed E-state index contributed by atoms with van der Waals surface area (Å²) >= 11 is 0. The van der Waals surface area contributed by atoms with Crippen LogP contribution in [-0.4, -0.2) is 19.3 Å². The van der Waals surface area contributed by atoms with E-state index in [2.05, 4.69) is 5.32 Å². The van der Waals surface area contributed by atoms with Crippen molar-refractivity contribution in [2.45, 2.75) is 33.0 Å². The number of nitrogens with one attached hydrogen (secondary N) is 1. The Bertz CT molecular complexity index is 390. The van der Waals surface area contributed by atoms with Crippen molar-refractivity contribution < 1.29 is 13.2 Å². The van der Waals surface area contributed by atoms with E-state index in [1.807, 2.05) is 32.9 Å². The number of nitrogens with two attached hydrogens (primary N) is 1. The first kappa shape index (κ1) is 15.0. The lowest BCUT2D eigenvalue weighted by Crippen LogP contribution is -2.36. The Balaban J connectivity index is 2.95. The van der Waals surface area contributed by atoms with Gasteiger partial charge in [0.1, 0.15) is 0 Å². The molecule has 0 aliphatic carbocycles. The minimum atomic E-state index is -4.22. The van der Waals surface area contributed by atoms with E-state index in [-0.39, 0.29) is 6.54 Å². The normalized spacial score (nSPS) is 13.7. The molecule has 5 heteroatoms. The first-order valence-corrected chi connectivity index (χ1v) is 5.82. The predicted molar refractivity (Wildman–Crippen MR) is 66.5 cm³/mol. The van der Waals surface area contributed by atoms with Gasteiger partial charge in [0.05, 0.1) is 6.54 Å². The molecule has 0 aliphatic rings. The summed E-state index contributed by atoms with van der Waals surface area (Å²) < 4.78 is 36.7. The number of hydrogen-bond donors (Lipinski definition) is 2. The lowest BCUT2D eigenvalue weighted by molar-refractivity contribution is -0.126. The van der Waals surface area contributed by atoms with Gasteiger partial charge in [-0.2, -0.15) is 13.2 Å². The average Bonchev–Trinajstić information content (AvgIpc) is 2.20. The highest BCUT2D eigenvalue weighted by atomic mass is 19.4. The third-order valence-corrected chi connectivity index (χ3v) is 2.87. The summed E-state index contributed by atoms with van der Waals surface area (Å²) in [6, 6.07) is 3.45. The lowest BCUT2D eigenvalue weighted by Gasteiger charge is -2.23. The summed E-state index contributed by atoms with van der Waals surface area (Å²) in [5.41, 5.74) is 9.49. The highest BCUT2D eigenvalue weighted by Crippen LogP contribution is 2.24. The molecule has 1 aromatic carbocycles. The molecule has 0 heterocycles. The number of aryl methyl sites for hydroxylation is 3. The minimum Gasteiger partial charge on any atom is -0.329 e. The van der Waals surface area contributed by atoms with Crippen LogP contribution in [0.2, 0.25) is 0 Å². The van der Waals surface area contributed by atoms with Crippen molar-refractivity contribution in [3.63, 3.8) is 0 Å². The molecule has 0 spiro atoms. The second kappa shape index (κ2) is 5.71. The molecule has 102 valence electrons. The van der Waals surface area contributed by atoms with Crippen LogP contribution in [0.4, 0.5) is 13.2 Å². The van der Waals surface area contributed by atoms with Crippen molar-refractivity contribution in [2.75, 3.05) is 13.1 Å². The molecule has 1 atom stereocenters. The molecule has 1 aromatic rings. The van der Waals surface area contributed by atoms with Crippen LogP contribution in [0, 0.1) is 20.8 Å². The van der Waals surface area contributed by atoms with Gasteiger partial charge in [0.15, 0.2) is 0 Å². The Hall–Kier alpha value is -1.07. The third-order valence-electron chi connectivity index (χ3n) is 2.87. The van der Waals surface area contributed by atoms with E-state index in [1.165, 1.54) is 0 Å². The molecule has 0 saturated carbocycles. The average molecular weight is 260 g/mol. The Kier molecular flexibility index (Phi) is 4.76. The molecule has 3 N–H and O–H groups in total. The van der Waals surface area contributed by atoms with Gasteiger partial charge in [0.25, 0.3) is 0 Å². The highest BCUT2D eigenvalue weighted by molar-refractivity contribution is 5.39. The Morgan fingerprint density at radius 3 is 2.06 bits per heavy atom. The molecule has 0 amide bonds. The predicted octanol–water partition coefficient (Wildman–Crippen LogP) is 2.76. The van der Waals surface area contributed by atoms with Gasteiger partial charge in [-0.3, -0.25) is 0 Å². The van der Waals surface area contributed by atoms with Gasteiger partial charge in [-0.05, 0) is 37.5 Å².